The van der Waals surface area contributed by atoms with Crippen molar-refractivity contribution in [3.8, 4) is 0 Å². The van der Waals surface area contributed by atoms with Gasteiger partial charge in [0.05, 0.1) is 6.54 Å². The van der Waals surface area contributed by atoms with Crippen molar-refractivity contribution in [3.05, 3.63) is 42.0 Å². The molecule has 6 nitrogen and oxygen atoms in total. The van der Waals surface area contributed by atoms with E-state index in [4.69, 9.17) is 8.83 Å². The van der Waals surface area contributed by atoms with Gasteiger partial charge in [-0.15, -0.1) is 0 Å². The van der Waals surface area contributed by atoms with Gasteiger partial charge in [0.2, 0.25) is 5.65 Å². The predicted octanol–water partition coefficient (Wildman–Crippen LogP) is 2.84. The van der Waals surface area contributed by atoms with Crippen LogP contribution in [0.5, 0.6) is 0 Å². The van der Waals surface area contributed by atoms with Crippen molar-refractivity contribution in [2.45, 2.75) is 19.9 Å². The second-order valence-electron chi connectivity index (χ2n) is 5.95. The van der Waals surface area contributed by atoms with Gasteiger partial charge < -0.3 is 13.7 Å². The SMILES string of the molecule is Cc1ccc(CN2CCCN(c3nc4ncccc4o3)CC2)o1. The highest BCUT2D eigenvalue weighted by atomic mass is 16.4. The minimum Gasteiger partial charge on any atom is -0.465 e. The molecule has 23 heavy (non-hydrogen) atoms. The average Bonchev–Trinajstić information content (AvgIpc) is 3.08. The van der Waals surface area contributed by atoms with E-state index in [0.717, 1.165) is 56.2 Å². The zero-order valence-corrected chi connectivity index (χ0v) is 13.2. The zero-order chi connectivity index (χ0) is 15.6. The fraction of sp³-hybridized carbons (Fsp3) is 0.412. The molecule has 120 valence electrons. The number of pyridine rings is 1. The summed E-state index contributed by atoms with van der Waals surface area (Å²) in [5.74, 6) is 2.00. The number of aromatic nitrogens is 2. The molecular formula is C17H20N4O2. The van der Waals surface area contributed by atoms with Crippen LogP contribution in [0.15, 0.2) is 39.3 Å². The molecule has 1 saturated heterocycles. The molecule has 1 fully saturated rings. The second kappa shape index (κ2) is 6.04. The van der Waals surface area contributed by atoms with E-state index in [2.05, 4.69) is 25.8 Å². The van der Waals surface area contributed by atoms with Crippen molar-refractivity contribution in [1.29, 1.82) is 0 Å². The van der Waals surface area contributed by atoms with Crippen LogP contribution in [0.4, 0.5) is 6.01 Å². The molecule has 3 aromatic rings. The van der Waals surface area contributed by atoms with Crippen molar-refractivity contribution >= 4 is 17.2 Å². The van der Waals surface area contributed by atoms with Crippen LogP contribution in [-0.2, 0) is 6.54 Å². The maximum absolute atomic E-state index is 5.84. The molecule has 4 heterocycles. The van der Waals surface area contributed by atoms with E-state index >= 15 is 0 Å². The van der Waals surface area contributed by atoms with Crippen molar-refractivity contribution in [2.24, 2.45) is 0 Å². The number of fused-ring (bicyclic) bond motifs is 1. The van der Waals surface area contributed by atoms with E-state index in [0.29, 0.717) is 11.7 Å². The smallest absolute Gasteiger partial charge is 0.299 e. The highest BCUT2D eigenvalue weighted by Gasteiger charge is 2.20. The third kappa shape index (κ3) is 3.07. The first-order chi connectivity index (χ1) is 11.3. The van der Waals surface area contributed by atoms with Gasteiger partial charge in [0, 0.05) is 32.4 Å². The Balaban J connectivity index is 1.44. The molecular weight excluding hydrogens is 292 g/mol. The number of hydrogen-bond acceptors (Lipinski definition) is 6. The van der Waals surface area contributed by atoms with E-state index in [1.54, 1.807) is 6.20 Å². The standard InChI is InChI=1S/C17H20N4O2/c1-13-5-6-14(22-13)12-20-8-3-9-21(11-10-20)17-19-16-15(23-17)4-2-7-18-16/h2,4-7H,3,8-12H2,1H3. The monoisotopic (exact) mass is 312 g/mol. The maximum atomic E-state index is 5.84. The van der Waals surface area contributed by atoms with Crippen LogP contribution in [-0.4, -0.2) is 41.0 Å². The minimum absolute atomic E-state index is 0.675. The Morgan fingerprint density at radius 2 is 2.04 bits per heavy atom. The lowest BCUT2D eigenvalue weighted by Gasteiger charge is -2.19. The molecule has 0 aliphatic carbocycles. The molecule has 3 aromatic heterocycles. The lowest BCUT2D eigenvalue weighted by atomic mass is 10.3. The quantitative estimate of drug-likeness (QED) is 0.741. The first-order valence-corrected chi connectivity index (χ1v) is 8.02. The molecule has 1 aliphatic rings. The molecule has 6 heteroatoms. The van der Waals surface area contributed by atoms with Gasteiger partial charge in [-0.3, -0.25) is 4.90 Å². The summed E-state index contributed by atoms with van der Waals surface area (Å²) in [6.45, 7) is 6.69. The topological polar surface area (TPSA) is 58.5 Å². The van der Waals surface area contributed by atoms with Crippen LogP contribution in [0.3, 0.4) is 0 Å². The fourth-order valence-corrected chi connectivity index (χ4v) is 3.00. The van der Waals surface area contributed by atoms with Gasteiger partial charge in [0.1, 0.15) is 11.5 Å². The molecule has 4 rings (SSSR count). The lowest BCUT2D eigenvalue weighted by Crippen LogP contribution is -2.30. The Kier molecular flexibility index (Phi) is 3.75. The molecule has 0 unspecified atom stereocenters. The van der Waals surface area contributed by atoms with Crippen LogP contribution in [0.1, 0.15) is 17.9 Å². The second-order valence-corrected chi connectivity index (χ2v) is 5.95. The van der Waals surface area contributed by atoms with Crippen LogP contribution in [0.25, 0.3) is 11.2 Å². The Morgan fingerprint density at radius 3 is 2.87 bits per heavy atom. The Morgan fingerprint density at radius 1 is 1.09 bits per heavy atom. The van der Waals surface area contributed by atoms with Gasteiger partial charge in [0.25, 0.3) is 6.01 Å². The fourth-order valence-electron chi connectivity index (χ4n) is 3.00. The van der Waals surface area contributed by atoms with Crippen LogP contribution >= 0.6 is 0 Å². The summed E-state index contributed by atoms with van der Waals surface area (Å²) in [5, 5.41) is 0. The first-order valence-electron chi connectivity index (χ1n) is 8.02. The molecule has 0 radical (unpaired) electrons. The van der Waals surface area contributed by atoms with E-state index in [9.17, 15) is 0 Å². The molecule has 0 amide bonds. The lowest BCUT2D eigenvalue weighted by molar-refractivity contribution is 0.258. The number of hydrogen-bond donors (Lipinski definition) is 0. The summed E-state index contributed by atoms with van der Waals surface area (Å²) in [6, 6.07) is 8.53. The van der Waals surface area contributed by atoms with Gasteiger partial charge in [-0.05, 0) is 37.6 Å². The molecule has 0 N–H and O–H groups in total. The van der Waals surface area contributed by atoms with Gasteiger partial charge >= 0.3 is 0 Å². The molecule has 1 aliphatic heterocycles. The highest BCUT2D eigenvalue weighted by Crippen LogP contribution is 2.21. The van der Waals surface area contributed by atoms with Gasteiger partial charge in [-0.2, -0.15) is 4.98 Å². The predicted molar refractivity (Wildman–Crippen MR) is 87.4 cm³/mol. The molecule has 0 spiro atoms. The van der Waals surface area contributed by atoms with Crippen LogP contribution < -0.4 is 4.90 Å². The van der Waals surface area contributed by atoms with E-state index in [1.807, 2.05) is 25.1 Å². The molecule has 0 bridgehead atoms. The Labute approximate surface area is 134 Å². The summed E-state index contributed by atoms with van der Waals surface area (Å²) < 4.78 is 11.5. The summed E-state index contributed by atoms with van der Waals surface area (Å²) in [7, 11) is 0. The largest absolute Gasteiger partial charge is 0.465 e. The third-order valence-corrected chi connectivity index (χ3v) is 4.19. The van der Waals surface area contributed by atoms with E-state index in [-0.39, 0.29) is 0 Å². The first kappa shape index (κ1) is 14.3. The van der Waals surface area contributed by atoms with Crippen LogP contribution in [0.2, 0.25) is 0 Å². The number of nitrogens with zero attached hydrogens (tertiary/aromatic N) is 4. The number of aryl methyl sites for hydroxylation is 1. The molecule has 0 saturated carbocycles. The van der Waals surface area contributed by atoms with Crippen molar-refractivity contribution in [1.82, 2.24) is 14.9 Å². The van der Waals surface area contributed by atoms with Gasteiger partial charge in [-0.25, -0.2) is 4.98 Å². The third-order valence-electron chi connectivity index (χ3n) is 4.19. The van der Waals surface area contributed by atoms with Crippen molar-refractivity contribution in [2.75, 3.05) is 31.1 Å². The van der Waals surface area contributed by atoms with Crippen LogP contribution in [0, 0.1) is 6.92 Å². The summed E-state index contributed by atoms with van der Waals surface area (Å²) >= 11 is 0. The highest BCUT2D eigenvalue weighted by molar-refractivity contribution is 5.69. The van der Waals surface area contributed by atoms with E-state index < -0.39 is 0 Å². The van der Waals surface area contributed by atoms with Crippen molar-refractivity contribution in [3.63, 3.8) is 0 Å². The van der Waals surface area contributed by atoms with Crippen molar-refractivity contribution < 1.29 is 8.83 Å². The Bertz CT molecular complexity index is 762. The summed E-state index contributed by atoms with van der Waals surface area (Å²) in [6.07, 6.45) is 2.82. The number of furan rings is 1. The summed E-state index contributed by atoms with van der Waals surface area (Å²) in [4.78, 5) is 13.4. The van der Waals surface area contributed by atoms with Gasteiger partial charge in [0.15, 0.2) is 5.58 Å². The zero-order valence-electron chi connectivity index (χ0n) is 13.2. The minimum atomic E-state index is 0.675. The normalized spacial score (nSPS) is 16.8. The average molecular weight is 312 g/mol. The van der Waals surface area contributed by atoms with Gasteiger partial charge in [-0.1, -0.05) is 0 Å². The molecule has 0 aromatic carbocycles. The number of anilines is 1. The summed E-state index contributed by atoms with van der Waals surface area (Å²) in [5.41, 5.74) is 1.42. The van der Waals surface area contributed by atoms with E-state index in [1.165, 1.54) is 0 Å². The number of rotatable bonds is 3. The molecule has 0 atom stereocenters. The maximum Gasteiger partial charge on any atom is 0.299 e. The Hall–Kier alpha value is -2.34. The number of oxazole rings is 1.